The highest BCUT2D eigenvalue weighted by Gasteiger charge is 2.41. The van der Waals surface area contributed by atoms with Gasteiger partial charge in [0.25, 0.3) is 0 Å². The van der Waals surface area contributed by atoms with E-state index in [-0.39, 0.29) is 25.4 Å². The van der Waals surface area contributed by atoms with Crippen LogP contribution >= 0.6 is 0 Å². The van der Waals surface area contributed by atoms with E-state index in [1.807, 2.05) is 0 Å². The minimum absolute atomic E-state index is 0.108. The molecule has 2 amide bonds. The maximum Gasteiger partial charge on any atom is 0.406 e. The fourth-order valence-corrected chi connectivity index (χ4v) is 3.25. The zero-order valence-corrected chi connectivity index (χ0v) is 13.6. The maximum absolute atomic E-state index is 12.4. The number of nitrogens with zero attached hydrogens (tertiary/aromatic N) is 1. The van der Waals surface area contributed by atoms with Gasteiger partial charge < -0.3 is 20.1 Å². The lowest BCUT2D eigenvalue weighted by Crippen LogP contribution is -2.42. The first-order chi connectivity index (χ1) is 11.7. The fraction of sp³-hybridized carbons (Fsp3) is 0.800. The predicted octanol–water partition coefficient (Wildman–Crippen LogP) is 0.641. The van der Waals surface area contributed by atoms with E-state index in [2.05, 4.69) is 5.32 Å². The zero-order chi connectivity index (χ0) is 18.6. The molecule has 0 aromatic heterocycles. The SMILES string of the molecule is O=C(NCC(C(=O)O)C1CCOCC1)C1CC(=O)N(CC(F)(F)F)C1. The van der Waals surface area contributed by atoms with E-state index in [0.717, 1.165) is 0 Å². The minimum Gasteiger partial charge on any atom is -0.481 e. The van der Waals surface area contributed by atoms with Gasteiger partial charge >= 0.3 is 12.1 Å². The van der Waals surface area contributed by atoms with Gasteiger partial charge in [0, 0.05) is 32.7 Å². The van der Waals surface area contributed by atoms with Crippen LogP contribution in [0.1, 0.15) is 19.3 Å². The second-order valence-electron chi connectivity index (χ2n) is 6.43. The number of nitrogens with one attached hydrogen (secondary N) is 1. The number of likely N-dealkylation sites (tertiary alicyclic amines) is 1. The molecule has 2 rings (SSSR count). The summed E-state index contributed by atoms with van der Waals surface area (Å²) in [6.45, 7) is -0.866. The number of hydrogen-bond donors (Lipinski definition) is 2. The molecular formula is C15H21F3N2O5. The Hall–Kier alpha value is -1.84. The Morgan fingerprint density at radius 2 is 1.96 bits per heavy atom. The zero-order valence-electron chi connectivity index (χ0n) is 13.6. The van der Waals surface area contributed by atoms with Gasteiger partial charge in [-0.05, 0) is 18.8 Å². The summed E-state index contributed by atoms with van der Waals surface area (Å²) in [7, 11) is 0. The van der Waals surface area contributed by atoms with Crippen molar-refractivity contribution in [2.45, 2.75) is 25.4 Å². The van der Waals surface area contributed by atoms with Crippen LogP contribution in [0.2, 0.25) is 0 Å². The summed E-state index contributed by atoms with van der Waals surface area (Å²) in [5.74, 6) is -4.14. The molecule has 142 valence electrons. The molecule has 0 aliphatic carbocycles. The number of carboxylic acid groups (broad SMARTS) is 1. The molecule has 2 fully saturated rings. The first-order valence-electron chi connectivity index (χ1n) is 8.10. The van der Waals surface area contributed by atoms with Gasteiger partial charge in [-0.3, -0.25) is 14.4 Å². The predicted molar refractivity (Wildman–Crippen MR) is 78.4 cm³/mol. The third-order valence-electron chi connectivity index (χ3n) is 4.60. The molecule has 0 spiro atoms. The maximum atomic E-state index is 12.4. The van der Waals surface area contributed by atoms with Crippen LogP contribution in [-0.4, -0.2) is 66.8 Å². The van der Waals surface area contributed by atoms with E-state index in [1.165, 1.54) is 0 Å². The van der Waals surface area contributed by atoms with Crippen molar-refractivity contribution in [2.24, 2.45) is 17.8 Å². The van der Waals surface area contributed by atoms with Crippen LogP contribution in [0.4, 0.5) is 13.2 Å². The van der Waals surface area contributed by atoms with Gasteiger partial charge in [0.05, 0.1) is 11.8 Å². The topological polar surface area (TPSA) is 95.9 Å². The molecule has 7 nitrogen and oxygen atoms in total. The summed E-state index contributed by atoms with van der Waals surface area (Å²) in [6, 6.07) is 0. The van der Waals surface area contributed by atoms with Gasteiger partial charge in [-0.15, -0.1) is 0 Å². The molecule has 25 heavy (non-hydrogen) atoms. The van der Waals surface area contributed by atoms with Crippen molar-refractivity contribution >= 4 is 17.8 Å². The average molecular weight is 366 g/mol. The number of hydrogen-bond acceptors (Lipinski definition) is 4. The monoisotopic (exact) mass is 366 g/mol. The lowest BCUT2D eigenvalue weighted by atomic mass is 9.86. The van der Waals surface area contributed by atoms with Crippen LogP contribution in [0.5, 0.6) is 0 Å². The Labute approximate surface area is 142 Å². The van der Waals surface area contributed by atoms with E-state index >= 15 is 0 Å². The normalized spacial score (nSPS) is 23.6. The van der Waals surface area contributed by atoms with Gasteiger partial charge in [-0.1, -0.05) is 0 Å². The molecule has 2 heterocycles. The Bertz CT molecular complexity index is 520. The van der Waals surface area contributed by atoms with E-state index in [1.54, 1.807) is 0 Å². The Balaban J connectivity index is 1.86. The van der Waals surface area contributed by atoms with Gasteiger partial charge in [0.1, 0.15) is 6.54 Å². The number of carbonyl (C=O) groups is 3. The molecule has 2 unspecified atom stereocenters. The molecule has 0 saturated carbocycles. The first-order valence-corrected chi connectivity index (χ1v) is 8.10. The van der Waals surface area contributed by atoms with E-state index in [9.17, 15) is 32.7 Å². The average Bonchev–Trinajstić information content (AvgIpc) is 2.87. The van der Waals surface area contributed by atoms with Crippen LogP contribution in [-0.2, 0) is 19.1 Å². The number of halogens is 3. The minimum atomic E-state index is -4.52. The van der Waals surface area contributed by atoms with Crippen molar-refractivity contribution in [1.29, 1.82) is 0 Å². The summed E-state index contributed by atoms with van der Waals surface area (Å²) in [5, 5.41) is 11.8. The molecule has 0 bridgehead atoms. The van der Waals surface area contributed by atoms with Crippen LogP contribution in [0.25, 0.3) is 0 Å². The van der Waals surface area contributed by atoms with Gasteiger partial charge in [-0.25, -0.2) is 0 Å². The lowest BCUT2D eigenvalue weighted by molar-refractivity contribution is -0.157. The fourth-order valence-electron chi connectivity index (χ4n) is 3.25. The number of alkyl halides is 3. The standard InChI is InChI=1S/C15H21F3N2O5/c16-15(17,18)8-20-7-10(5-12(20)21)13(22)19-6-11(14(23)24)9-1-3-25-4-2-9/h9-11H,1-8H2,(H,19,22)(H,23,24). The summed E-state index contributed by atoms with van der Waals surface area (Å²) in [6.07, 6.45) is -3.66. The van der Waals surface area contributed by atoms with E-state index < -0.39 is 42.3 Å². The van der Waals surface area contributed by atoms with Crippen molar-refractivity contribution in [3.8, 4) is 0 Å². The number of carboxylic acids is 1. The third-order valence-corrected chi connectivity index (χ3v) is 4.60. The van der Waals surface area contributed by atoms with Crippen molar-refractivity contribution in [2.75, 3.05) is 32.8 Å². The summed E-state index contributed by atoms with van der Waals surface area (Å²) >= 11 is 0. The molecule has 0 aromatic carbocycles. The highest BCUT2D eigenvalue weighted by atomic mass is 19.4. The van der Waals surface area contributed by atoms with Gasteiger partial charge in [0.15, 0.2) is 0 Å². The van der Waals surface area contributed by atoms with Crippen LogP contribution < -0.4 is 5.32 Å². The smallest absolute Gasteiger partial charge is 0.406 e. The number of aliphatic carboxylic acids is 1. The second kappa shape index (κ2) is 8.03. The molecule has 0 aromatic rings. The largest absolute Gasteiger partial charge is 0.481 e. The molecule has 2 saturated heterocycles. The summed E-state index contributed by atoms with van der Waals surface area (Å²) in [5.41, 5.74) is 0. The van der Waals surface area contributed by atoms with Crippen LogP contribution in [0.15, 0.2) is 0 Å². The Morgan fingerprint density at radius 1 is 1.32 bits per heavy atom. The highest BCUT2D eigenvalue weighted by molar-refractivity contribution is 5.89. The lowest BCUT2D eigenvalue weighted by Gasteiger charge is -2.28. The Kier molecular flexibility index (Phi) is 6.26. The quantitative estimate of drug-likeness (QED) is 0.719. The first kappa shape index (κ1) is 19.5. The van der Waals surface area contributed by atoms with Gasteiger partial charge in [-0.2, -0.15) is 13.2 Å². The Morgan fingerprint density at radius 3 is 2.52 bits per heavy atom. The number of rotatable bonds is 6. The van der Waals surface area contributed by atoms with Crippen molar-refractivity contribution in [1.82, 2.24) is 10.2 Å². The van der Waals surface area contributed by atoms with E-state index in [4.69, 9.17) is 4.74 Å². The number of ether oxygens (including phenoxy) is 1. The third kappa shape index (κ3) is 5.58. The van der Waals surface area contributed by atoms with Crippen molar-refractivity contribution in [3.63, 3.8) is 0 Å². The number of amides is 2. The molecule has 10 heteroatoms. The molecule has 2 aliphatic heterocycles. The van der Waals surface area contributed by atoms with Crippen LogP contribution in [0, 0.1) is 17.8 Å². The molecule has 2 N–H and O–H groups in total. The summed E-state index contributed by atoms with van der Waals surface area (Å²) < 4.78 is 42.3. The second-order valence-corrected chi connectivity index (χ2v) is 6.43. The number of carbonyl (C=O) groups excluding carboxylic acids is 2. The van der Waals surface area contributed by atoms with Crippen molar-refractivity contribution in [3.05, 3.63) is 0 Å². The summed E-state index contributed by atoms with van der Waals surface area (Å²) in [4.78, 5) is 35.7. The van der Waals surface area contributed by atoms with Crippen LogP contribution in [0.3, 0.4) is 0 Å². The highest BCUT2D eigenvalue weighted by Crippen LogP contribution is 2.26. The van der Waals surface area contributed by atoms with Gasteiger partial charge in [0.2, 0.25) is 11.8 Å². The molecular weight excluding hydrogens is 345 g/mol. The van der Waals surface area contributed by atoms with Crippen molar-refractivity contribution < 1.29 is 37.4 Å². The molecule has 0 radical (unpaired) electrons. The molecule has 2 atom stereocenters. The van der Waals surface area contributed by atoms with E-state index in [0.29, 0.717) is 31.0 Å². The molecule has 2 aliphatic rings.